The number of aliphatic hydroxyl groups is 1. The fourth-order valence-electron chi connectivity index (χ4n) is 7.96. The lowest BCUT2D eigenvalue weighted by molar-refractivity contribution is -0.147. The van der Waals surface area contributed by atoms with E-state index in [1.54, 1.807) is 36.7 Å². The molecule has 0 spiro atoms. The van der Waals surface area contributed by atoms with Crippen molar-refractivity contribution in [1.29, 1.82) is 0 Å². The Balaban J connectivity index is 1.41. The van der Waals surface area contributed by atoms with Crippen molar-refractivity contribution in [1.82, 2.24) is 29.8 Å². The Bertz CT molecular complexity index is 1780. The monoisotopic (exact) mass is 690 g/mol. The van der Waals surface area contributed by atoms with E-state index in [1.807, 2.05) is 16.8 Å². The van der Waals surface area contributed by atoms with Crippen molar-refractivity contribution in [3.63, 3.8) is 0 Å². The molecule has 268 valence electrons. The van der Waals surface area contributed by atoms with Gasteiger partial charge in [-0.3, -0.25) is 24.0 Å². The Morgan fingerprint density at radius 2 is 1.80 bits per heavy atom. The van der Waals surface area contributed by atoms with Gasteiger partial charge in [-0.15, -0.1) is 5.10 Å². The number of carbonyl (C=O) groups is 5. The summed E-state index contributed by atoms with van der Waals surface area (Å²) in [5.74, 6) is -3.32. The van der Waals surface area contributed by atoms with Crippen molar-refractivity contribution in [2.75, 3.05) is 19.8 Å². The first kappa shape index (κ1) is 35.2. The summed E-state index contributed by atoms with van der Waals surface area (Å²) >= 11 is 0. The van der Waals surface area contributed by atoms with Crippen molar-refractivity contribution in [3.05, 3.63) is 47.9 Å². The molecule has 3 fully saturated rings. The summed E-state index contributed by atoms with van der Waals surface area (Å²) in [4.78, 5) is 68.5. The number of ether oxygens (including phenoxy) is 1. The summed E-state index contributed by atoms with van der Waals surface area (Å²) < 4.78 is 8.86. The molecule has 4 heterocycles. The highest BCUT2D eigenvalue weighted by Gasteiger charge is 2.49. The number of rotatable bonds is 11. The molecule has 3 aromatic rings. The molecular weight excluding hydrogens is 644 g/mol. The molecule has 1 aromatic carbocycles. The molecule has 2 saturated heterocycles. The van der Waals surface area contributed by atoms with Crippen molar-refractivity contribution in [3.8, 4) is 0 Å². The molecular formula is C35H46N8O7. The number of Topliss-reactive ketones (excluding diaryl/α,β-unsaturated/α-hetero) is 1. The van der Waals surface area contributed by atoms with Gasteiger partial charge in [0, 0.05) is 56.3 Å². The summed E-state index contributed by atoms with van der Waals surface area (Å²) in [5, 5.41) is 22.8. The second-order valence-corrected chi connectivity index (χ2v) is 14.5. The van der Waals surface area contributed by atoms with E-state index in [1.165, 1.54) is 11.1 Å². The third kappa shape index (κ3) is 6.88. The predicted octanol–water partition coefficient (Wildman–Crippen LogP) is 1.63. The van der Waals surface area contributed by atoms with E-state index in [4.69, 9.17) is 16.2 Å². The first-order valence-electron chi connectivity index (χ1n) is 17.4. The minimum atomic E-state index is -1.57. The lowest BCUT2D eigenvalue weighted by Gasteiger charge is -2.37. The van der Waals surface area contributed by atoms with Crippen LogP contribution in [0.25, 0.3) is 10.9 Å². The van der Waals surface area contributed by atoms with E-state index >= 15 is 4.79 Å². The number of benzene rings is 1. The average Bonchev–Trinajstić information content (AvgIpc) is 3.85. The normalized spacial score (nSPS) is 21.9. The highest BCUT2D eigenvalue weighted by Crippen LogP contribution is 2.38. The van der Waals surface area contributed by atoms with E-state index in [9.17, 15) is 24.3 Å². The molecule has 0 unspecified atom stereocenters. The van der Waals surface area contributed by atoms with Crippen LogP contribution in [0.3, 0.4) is 0 Å². The average molecular weight is 691 g/mol. The van der Waals surface area contributed by atoms with Crippen LogP contribution in [0.2, 0.25) is 0 Å². The zero-order valence-electron chi connectivity index (χ0n) is 28.5. The molecule has 6 rings (SSSR count). The Hall–Kier alpha value is -4.63. The molecule has 15 heteroatoms. The van der Waals surface area contributed by atoms with Crippen LogP contribution in [-0.4, -0.2) is 90.3 Å². The third-order valence-corrected chi connectivity index (χ3v) is 10.7. The van der Waals surface area contributed by atoms with Gasteiger partial charge in [0.15, 0.2) is 0 Å². The Kier molecular flexibility index (Phi) is 9.82. The summed E-state index contributed by atoms with van der Waals surface area (Å²) in [6.07, 6.45) is 9.21. The second kappa shape index (κ2) is 13.9. The summed E-state index contributed by atoms with van der Waals surface area (Å²) in [5.41, 5.74) is 9.58. The van der Waals surface area contributed by atoms with Gasteiger partial charge < -0.3 is 36.1 Å². The maximum atomic E-state index is 15.1. The molecule has 3 atom stereocenters. The van der Waals surface area contributed by atoms with Crippen LogP contribution < -0.4 is 16.8 Å². The Morgan fingerprint density at radius 3 is 2.46 bits per heavy atom. The van der Waals surface area contributed by atoms with Gasteiger partial charge in [0.1, 0.15) is 23.2 Å². The van der Waals surface area contributed by atoms with Crippen LogP contribution in [0.15, 0.2) is 36.7 Å². The molecule has 2 aliphatic heterocycles. The zero-order chi connectivity index (χ0) is 35.8. The molecule has 0 bridgehead atoms. The summed E-state index contributed by atoms with van der Waals surface area (Å²) in [6.45, 7) is 3.55. The number of nitrogens with one attached hydrogen (secondary N) is 1. The van der Waals surface area contributed by atoms with Crippen molar-refractivity contribution in [2.24, 2.45) is 17.4 Å². The molecule has 3 aliphatic rings. The van der Waals surface area contributed by atoms with E-state index in [0.29, 0.717) is 23.2 Å². The molecule has 4 amide bonds. The molecule has 2 aromatic heterocycles. The molecule has 1 saturated carbocycles. The van der Waals surface area contributed by atoms with Gasteiger partial charge in [-0.2, -0.15) is 0 Å². The van der Waals surface area contributed by atoms with E-state index in [0.717, 1.165) is 37.5 Å². The lowest BCUT2D eigenvalue weighted by atomic mass is 9.84. The van der Waals surface area contributed by atoms with Gasteiger partial charge in [-0.05, 0) is 49.8 Å². The highest BCUT2D eigenvalue weighted by molar-refractivity contribution is 6.39. The van der Waals surface area contributed by atoms with E-state index < -0.39 is 52.8 Å². The van der Waals surface area contributed by atoms with Gasteiger partial charge in [0.2, 0.25) is 23.5 Å². The smallest absolute Gasteiger partial charge is 0.287 e. The molecule has 50 heavy (non-hydrogen) atoms. The Labute approximate surface area is 289 Å². The highest BCUT2D eigenvalue weighted by atomic mass is 16.5. The van der Waals surface area contributed by atoms with Crippen LogP contribution >= 0.6 is 0 Å². The summed E-state index contributed by atoms with van der Waals surface area (Å²) in [7, 11) is 0. The minimum absolute atomic E-state index is 0.0540. The number of ketones is 1. The minimum Gasteiger partial charge on any atom is -0.384 e. The van der Waals surface area contributed by atoms with Crippen molar-refractivity contribution < 1.29 is 33.8 Å². The first-order valence-corrected chi connectivity index (χ1v) is 17.4. The number of aromatic nitrogens is 4. The first-order chi connectivity index (χ1) is 23.8. The van der Waals surface area contributed by atoms with Crippen LogP contribution in [-0.2, 0) is 29.5 Å². The van der Waals surface area contributed by atoms with Crippen LogP contribution in [0.1, 0.15) is 99.8 Å². The maximum absolute atomic E-state index is 15.1. The van der Waals surface area contributed by atoms with Crippen molar-refractivity contribution >= 4 is 40.3 Å². The molecule has 15 nitrogen and oxygen atoms in total. The number of hydrogen-bond donors (Lipinski definition) is 4. The molecule has 0 radical (unpaired) electrons. The largest absolute Gasteiger partial charge is 0.384 e. The topological polar surface area (TPSA) is 218 Å². The number of nitrogens with two attached hydrogens (primary N) is 2. The molecule has 1 aliphatic carbocycles. The fourth-order valence-corrected chi connectivity index (χ4v) is 7.96. The fraction of sp³-hybridized carbons (Fsp3) is 0.571. The summed E-state index contributed by atoms with van der Waals surface area (Å²) in [6, 6.07) is 4.66. The third-order valence-electron chi connectivity index (χ3n) is 10.7. The van der Waals surface area contributed by atoms with Crippen LogP contribution in [0.5, 0.6) is 0 Å². The van der Waals surface area contributed by atoms with Gasteiger partial charge in [-0.1, -0.05) is 43.4 Å². The number of hydrogen-bond acceptors (Lipinski definition) is 9. The number of primary amides is 2. The predicted molar refractivity (Wildman–Crippen MR) is 180 cm³/mol. The Morgan fingerprint density at radius 1 is 1.08 bits per heavy atom. The number of nitrogens with zero attached hydrogens (tertiary/aromatic N) is 5. The standard InChI is InChI=1S/C35H46N8O7/c1-34(2,49)28-19-38-40-43(28)24-18-26(32(47)39-35(29(44)31(37)46)11-14-50-15-12-35)42(20-24)33(48)27(16-21-6-4-3-5-7-21)41-13-10-22-8-9-23(30(36)45)17-25(22)41/h8-10,13,17,19,21,24,26-27,49H,3-7,11-12,14-16,18,20H2,1-2H3,(H2,36,45)(H2,37,46)(H,39,47)/t24-,26-,27+/m0/s1. The van der Waals surface area contributed by atoms with Gasteiger partial charge in [0.05, 0.1) is 17.9 Å². The van der Waals surface area contributed by atoms with Gasteiger partial charge in [-0.25, -0.2) is 4.68 Å². The van der Waals surface area contributed by atoms with Crippen LogP contribution in [0.4, 0.5) is 0 Å². The maximum Gasteiger partial charge on any atom is 0.287 e. The van der Waals surface area contributed by atoms with E-state index in [2.05, 4.69) is 15.6 Å². The molecule has 6 N–H and O–H groups in total. The lowest BCUT2D eigenvalue weighted by Crippen LogP contribution is -2.63. The van der Waals surface area contributed by atoms with Crippen LogP contribution in [0, 0.1) is 5.92 Å². The SMILES string of the molecule is CC(C)(O)c1cnnn1[C@H]1C[C@@H](C(=O)NC2(C(=O)C(N)=O)CCOCC2)N(C(=O)[C@@H](CC2CCCCC2)n2ccc3ccc(C(N)=O)cc32)C1. The number of fused-ring (bicyclic) bond motifs is 1. The van der Waals surface area contributed by atoms with E-state index in [-0.39, 0.29) is 50.8 Å². The van der Waals surface area contributed by atoms with Gasteiger partial charge in [0.25, 0.3) is 5.91 Å². The number of amides is 4. The number of likely N-dealkylation sites (tertiary alicyclic amines) is 1. The second-order valence-electron chi connectivity index (χ2n) is 14.5. The van der Waals surface area contributed by atoms with Gasteiger partial charge >= 0.3 is 0 Å². The zero-order valence-corrected chi connectivity index (χ0v) is 28.5. The van der Waals surface area contributed by atoms with Crippen molar-refractivity contribution in [2.45, 2.75) is 101 Å². The quantitative estimate of drug-likeness (QED) is 0.215. The number of carbonyl (C=O) groups excluding carboxylic acids is 5.